The van der Waals surface area contributed by atoms with E-state index in [9.17, 15) is 4.79 Å². The Morgan fingerprint density at radius 1 is 1.14 bits per heavy atom. The predicted molar refractivity (Wildman–Crippen MR) is 85.2 cm³/mol. The molecule has 1 aliphatic rings. The van der Waals surface area contributed by atoms with Gasteiger partial charge >= 0.3 is 5.97 Å². The summed E-state index contributed by atoms with van der Waals surface area (Å²) in [6.45, 7) is 2.06. The van der Waals surface area contributed by atoms with Crippen molar-refractivity contribution in [2.45, 2.75) is 19.8 Å². The Kier molecular flexibility index (Phi) is 4.10. The number of nitrogens with zero attached hydrogens (tertiary/aromatic N) is 2. The van der Waals surface area contributed by atoms with Crippen molar-refractivity contribution in [2.75, 3.05) is 0 Å². The molecule has 0 bridgehead atoms. The number of carbonyl (C=O) groups excluding carboxylic acids is 1. The number of aryl methyl sites for hydroxylation is 2. The van der Waals surface area contributed by atoms with Gasteiger partial charge in [-0.05, 0) is 42.7 Å². The first-order chi connectivity index (χ1) is 10.7. The third-order valence-electron chi connectivity index (χ3n) is 3.38. The molecule has 0 radical (unpaired) electrons. The number of aromatic nitrogens is 1. The van der Waals surface area contributed by atoms with Gasteiger partial charge in [0.1, 0.15) is 0 Å². The summed E-state index contributed by atoms with van der Waals surface area (Å²) in [6.07, 6.45) is 6.48. The van der Waals surface area contributed by atoms with Crippen molar-refractivity contribution in [2.24, 2.45) is 4.99 Å². The van der Waals surface area contributed by atoms with E-state index in [1.165, 1.54) is 11.1 Å². The lowest BCUT2D eigenvalue weighted by atomic mass is 10.1. The summed E-state index contributed by atoms with van der Waals surface area (Å²) in [5.74, 6) is 0.0860. The SMILES string of the molecule is Cc1cccc(CCC2=N/C(=C/c3ccncc3)C(=O)O2)c1. The van der Waals surface area contributed by atoms with Crippen LogP contribution >= 0.6 is 0 Å². The van der Waals surface area contributed by atoms with Crippen LogP contribution in [0.3, 0.4) is 0 Å². The highest BCUT2D eigenvalue weighted by atomic mass is 16.6. The van der Waals surface area contributed by atoms with E-state index in [2.05, 4.69) is 35.1 Å². The Balaban J connectivity index is 1.69. The highest BCUT2D eigenvalue weighted by Crippen LogP contribution is 2.17. The van der Waals surface area contributed by atoms with E-state index >= 15 is 0 Å². The molecule has 2 heterocycles. The fourth-order valence-corrected chi connectivity index (χ4v) is 2.30. The van der Waals surface area contributed by atoms with Gasteiger partial charge in [-0.3, -0.25) is 4.98 Å². The van der Waals surface area contributed by atoms with Gasteiger partial charge in [-0.1, -0.05) is 29.8 Å². The summed E-state index contributed by atoms with van der Waals surface area (Å²) >= 11 is 0. The van der Waals surface area contributed by atoms with Gasteiger partial charge < -0.3 is 4.74 Å². The van der Waals surface area contributed by atoms with Crippen LogP contribution < -0.4 is 0 Å². The molecule has 110 valence electrons. The second kappa shape index (κ2) is 6.35. The quantitative estimate of drug-likeness (QED) is 0.641. The summed E-state index contributed by atoms with van der Waals surface area (Å²) in [5, 5.41) is 0. The minimum absolute atomic E-state index is 0.338. The standard InChI is InChI=1S/C18H16N2O2/c1-13-3-2-4-14(11-13)5-6-17-20-16(18(21)22-17)12-15-7-9-19-10-8-15/h2-4,7-12H,5-6H2,1H3/b16-12+. The van der Waals surface area contributed by atoms with Gasteiger partial charge in [0, 0.05) is 18.8 Å². The number of hydrogen-bond acceptors (Lipinski definition) is 4. The Morgan fingerprint density at radius 3 is 2.73 bits per heavy atom. The van der Waals surface area contributed by atoms with Crippen LogP contribution in [0.5, 0.6) is 0 Å². The lowest BCUT2D eigenvalue weighted by Crippen LogP contribution is -2.05. The van der Waals surface area contributed by atoms with Crippen LogP contribution in [0.1, 0.15) is 23.1 Å². The zero-order valence-electron chi connectivity index (χ0n) is 12.3. The van der Waals surface area contributed by atoms with Crippen molar-refractivity contribution < 1.29 is 9.53 Å². The fraction of sp³-hybridized carbons (Fsp3) is 0.167. The Bertz CT molecular complexity index is 749. The van der Waals surface area contributed by atoms with Crippen molar-refractivity contribution in [1.29, 1.82) is 0 Å². The van der Waals surface area contributed by atoms with Crippen molar-refractivity contribution in [3.8, 4) is 0 Å². The number of carbonyl (C=O) groups is 1. The van der Waals surface area contributed by atoms with Crippen molar-refractivity contribution in [1.82, 2.24) is 4.98 Å². The average molecular weight is 292 g/mol. The summed E-state index contributed by atoms with van der Waals surface area (Å²) in [4.78, 5) is 20.1. The van der Waals surface area contributed by atoms with Gasteiger partial charge in [-0.2, -0.15) is 0 Å². The number of hydrogen-bond donors (Lipinski definition) is 0. The van der Waals surface area contributed by atoms with E-state index < -0.39 is 5.97 Å². The highest BCUT2D eigenvalue weighted by molar-refractivity contribution is 6.07. The predicted octanol–water partition coefficient (Wildman–Crippen LogP) is 3.32. The topological polar surface area (TPSA) is 51.5 Å². The lowest BCUT2D eigenvalue weighted by molar-refractivity contribution is -0.130. The Morgan fingerprint density at radius 2 is 1.95 bits per heavy atom. The van der Waals surface area contributed by atoms with E-state index in [-0.39, 0.29) is 0 Å². The van der Waals surface area contributed by atoms with Crippen LogP contribution in [0.15, 0.2) is 59.5 Å². The average Bonchev–Trinajstić information content (AvgIpc) is 2.87. The van der Waals surface area contributed by atoms with E-state index in [0.717, 1.165) is 12.0 Å². The first kappa shape index (κ1) is 14.2. The smallest absolute Gasteiger partial charge is 0.363 e. The molecule has 4 heteroatoms. The Labute approximate surface area is 129 Å². The first-order valence-corrected chi connectivity index (χ1v) is 7.18. The molecule has 0 unspecified atom stereocenters. The third-order valence-corrected chi connectivity index (χ3v) is 3.38. The van der Waals surface area contributed by atoms with Gasteiger partial charge in [0.05, 0.1) is 0 Å². The van der Waals surface area contributed by atoms with E-state index in [0.29, 0.717) is 18.0 Å². The normalized spacial score (nSPS) is 15.8. The van der Waals surface area contributed by atoms with Crippen LogP contribution in [0.25, 0.3) is 6.08 Å². The zero-order chi connectivity index (χ0) is 15.4. The maximum Gasteiger partial charge on any atom is 0.363 e. The monoisotopic (exact) mass is 292 g/mol. The fourth-order valence-electron chi connectivity index (χ4n) is 2.30. The van der Waals surface area contributed by atoms with Crippen LogP contribution in [0.4, 0.5) is 0 Å². The number of ether oxygens (including phenoxy) is 1. The maximum absolute atomic E-state index is 11.8. The van der Waals surface area contributed by atoms with Gasteiger partial charge in [0.25, 0.3) is 0 Å². The summed E-state index contributed by atoms with van der Waals surface area (Å²) in [5.41, 5.74) is 3.66. The molecule has 1 aliphatic heterocycles. The number of rotatable bonds is 4. The van der Waals surface area contributed by atoms with Gasteiger partial charge in [-0.15, -0.1) is 0 Å². The summed E-state index contributed by atoms with van der Waals surface area (Å²) in [6, 6.07) is 11.9. The molecule has 1 aromatic heterocycles. The number of aliphatic imine (C=N–C) groups is 1. The van der Waals surface area contributed by atoms with Crippen LogP contribution in [-0.2, 0) is 16.0 Å². The molecule has 3 rings (SSSR count). The molecule has 0 amide bonds. The van der Waals surface area contributed by atoms with Crippen molar-refractivity contribution in [3.05, 3.63) is 71.2 Å². The van der Waals surface area contributed by atoms with Gasteiger partial charge in [0.15, 0.2) is 11.6 Å². The summed E-state index contributed by atoms with van der Waals surface area (Å²) in [7, 11) is 0. The molecule has 0 spiro atoms. The highest BCUT2D eigenvalue weighted by Gasteiger charge is 2.22. The molecule has 0 fully saturated rings. The number of benzene rings is 1. The molecule has 4 nitrogen and oxygen atoms in total. The second-order valence-electron chi connectivity index (χ2n) is 5.19. The first-order valence-electron chi connectivity index (χ1n) is 7.18. The van der Waals surface area contributed by atoms with Crippen LogP contribution in [-0.4, -0.2) is 16.9 Å². The zero-order valence-corrected chi connectivity index (χ0v) is 12.3. The molecule has 0 saturated heterocycles. The molecule has 0 saturated carbocycles. The molecule has 0 N–H and O–H groups in total. The molecule has 22 heavy (non-hydrogen) atoms. The maximum atomic E-state index is 11.8. The third kappa shape index (κ3) is 3.47. The molecular formula is C18H16N2O2. The lowest BCUT2D eigenvalue weighted by Gasteiger charge is -2.01. The van der Waals surface area contributed by atoms with Gasteiger partial charge in [-0.25, -0.2) is 9.79 Å². The van der Waals surface area contributed by atoms with Gasteiger partial charge in [0.2, 0.25) is 0 Å². The minimum Gasteiger partial charge on any atom is -0.407 e. The van der Waals surface area contributed by atoms with E-state index in [1.807, 2.05) is 18.2 Å². The molecule has 0 atom stereocenters. The molecule has 0 aliphatic carbocycles. The van der Waals surface area contributed by atoms with Crippen molar-refractivity contribution in [3.63, 3.8) is 0 Å². The molecule has 1 aromatic carbocycles. The van der Waals surface area contributed by atoms with Crippen LogP contribution in [0, 0.1) is 6.92 Å². The number of cyclic esters (lactones) is 1. The summed E-state index contributed by atoms with van der Waals surface area (Å²) < 4.78 is 5.23. The van der Waals surface area contributed by atoms with Crippen LogP contribution in [0.2, 0.25) is 0 Å². The Hall–Kier alpha value is -2.75. The largest absolute Gasteiger partial charge is 0.407 e. The number of esters is 1. The van der Waals surface area contributed by atoms with E-state index in [4.69, 9.17) is 4.74 Å². The second-order valence-corrected chi connectivity index (χ2v) is 5.19. The molecular weight excluding hydrogens is 276 g/mol. The van der Waals surface area contributed by atoms with Crippen molar-refractivity contribution >= 4 is 17.9 Å². The molecule has 2 aromatic rings. The number of pyridine rings is 1. The van der Waals surface area contributed by atoms with E-state index in [1.54, 1.807) is 18.5 Å². The minimum atomic E-state index is -0.393.